The second kappa shape index (κ2) is 7.94. The number of nitrogens with zero attached hydrogens (tertiary/aromatic N) is 2. The molecular weight excluding hydrogens is 258 g/mol. The van der Waals surface area contributed by atoms with E-state index >= 15 is 0 Å². The van der Waals surface area contributed by atoms with Crippen LogP contribution in [0.3, 0.4) is 0 Å². The van der Waals surface area contributed by atoms with Crippen LogP contribution in [0.1, 0.15) is 11.6 Å². The Balaban J connectivity index is 1.94. The van der Waals surface area contributed by atoms with Gasteiger partial charge >= 0.3 is 0 Å². The minimum Gasteiger partial charge on any atom is -0.382 e. The van der Waals surface area contributed by atoms with E-state index in [1.54, 1.807) is 13.3 Å². The van der Waals surface area contributed by atoms with E-state index in [0.717, 1.165) is 18.7 Å². The molecule has 0 aromatic carbocycles. The fourth-order valence-electron chi connectivity index (χ4n) is 2.26. The number of ether oxygens (including phenoxy) is 2. The molecular formula is C14H21N3O3. The van der Waals surface area contributed by atoms with Gasteiger partial charge in [0.1, 0.15) is 6.61 Å². The van der Waals surface area contributed by atoms with Crippen LogP contribution in [0.4, 0.5) is 0 Å². The molecule has 1 aliphatic heterocycles. The SMILES string of the molecule is COCCOCC(=O)N1CCNCC1c1cccnc1. The van der Waals surface area contributed by atoms with Crippen LogP contribution >= 0.6 is 0 Å². The van der Waals surface area contributed by atoms with Gasteiger partial charge in [0.15, 0.2) is 0 Å². The Labute approximate surface area is 119 Å². The van der Waals surface area contributed by atoms with Crippen molar-refractivity contribution in [3.05, 3.63) is 30.1 Å². The van der Waals surface area contributed by atoms with Gasteiger partial charge in [0.2, 0.25) is 5.91 Å². The second-order valence-electron chi connectivity index (χ2n) is 4.64. The zero-order valence-corrected chi connectivity index (χ0v) is 11.7. The summed E-state index contributed by atoms with van der Waals surface area (Å²) >= 11 is 0. The first-order valence-electron chi connectivity index (χ1n) is 6.79. The maximum atomic E-state index is 12.3. The number of pyridine rings is 1. The van der Waals surface area contributed by atoms with Crippen LogP contribution in [0.2, 0.25) is 0 Å². The van der Waals surface area contributed by atoms with E-state index in [0.29, 0.717) is 19.8 Å². The highest BCUT2D eigenvalue weighted by Gasteiger charge is 2.27. The highest BCUT2D eigenvalue weighted by Crippen LogP contribution is 2.21. The number of amides is 1. The predicted molar refractivity (Wildman–Crippen MR) is 74.3 cm³/mol. The first kappa shape index (κ1) is 14.9. The van der Waals surface area contributed by atoms with Crippen LogP contribution in [0.15, 0.2) is 24.5 Å². The van der Waals surface area contributed by atoms with Crippen LogP contribution in [0.25, 0.3) is 0 Å². The number of rotatable bonds is 6. The third-order valence-corrected chi connectivity index (χ3v) is 3.29. The summed E-state index contributed by atoms with van der Waals surface area (Å²) in [6, 6.07) is 3.91. The molecule has 0 spiro atoms. The molecule has 1 fully saturated rings. The van der Waals surface area contributed by atoms with Gasteiger partial charge in [-0.3, -0.25) is 9.78 Å². The molecule has 2 rings (SSSR count). The third-order valence-electron chi connectivity index (χ3n) is 3.29. The Hall–Kier alpha value is -1.50. The lowest BCUT2D eigenvalue weighted by molar-refractivity contribution is -0.140. The summed E-state index contributed by atoms with van der Waals surface area (Å²) < 4.78 is 10.2. The highest BCUT2D eigenvalue weighted by molar-refractivity contribution is 5.78. The number of nitrogens with one attached hydrogen (secondary N) is 1. The zero-order valence-electron chi connectivity index (χ0n) is 11.7. The summed E-state index contributed by atoms with van der Waals surface area (Å²) in [7, 11) is 1.61. The number of piperazine rings is 1. The normalized spacial score (nSPS) is 19.1. The number of aromatic nitrogens is 1. The van der Waals surface area contributed by atoms with Gasteiger partial charge in [-0.05, 0) is 11.6 Å². The Morgan fingerprint density at radius 3 is 3.20 bits per heavy atom. The van der Waals surface area contributed by atoms with Crippen LogP contribution in [0.5, 0.6) is 0 Å². The Bertz CT molecular complexity index is 413. The van der Waals surface area contributed by atoms with Crippen molar-refractivity contribution in [1.82, 2.24) is 15.2 Å². The molecule has 0 aliphatic carbocycles. The lowest BCUT2D eigenvalue weighted by atomic mass is 10.1. The minimum absolute atomic E-state index is 0.0106. The van der Waals surface area contributed by atoms with E-state index in [1.807, 2.05) is 23.2 Å². The van der Waals surface area contributed by atoms with Crippen molar-refractivity contribution in [2.45, 2.75) is 6.04 Å². The topological polar surface area (TPSA) is 63.7 Å². The molecule has 1 atom stereocenters. The second-order valence-corrected chi connectivity index (χ2v) is 4.64. The Morgan fingerprint density at radius 1 is 1.55 bits per heavy atom. The van der Waals surface area contributed by atoms with E-state index in [-0.39, 0.29) is 18.6 Å². The van der Waals surface area contributed by atoms with Gasteiger partial charge < -0.3 is 19.7 Å². The molecule has 1 aromatic heterocycles. The van der Waals surface area contributed by atoms with Crippen LogP contribution < -0.4 is 5.32 Å². The molecule has 0 saturated carbocycles. The minimum atomic E-state index is 0.0106. The van der Waals surface area contributed by atoms with Crippen molar-refractivity contribution in [3.63, 3.8) is 0 Å². The fourth-order valence-corrected chi connectivity index (χ4v) is 2.26. The predicted octanol–water partition coefficient (Wildman–Crippen LogP) is 0.218. The quantitative estimate of drug-likeness (QED) is 0.755. The third kappa shape index (κ3) is 4.00. The summed E-state index contributed by atoms with van der Waals surface area (Å²) in [5.74, 6) is 0.0106. The average molecular weight is 279 g/mol. The lowest BCUT2D eigenvalue weighted by Gasteiger charge is -2.36. The molecule has 2 heterocycles. The van der Waals surface area contributed by atoms with Gasteiger partial charge in [-0.25, -0.2) is 0 Å². The first-order valence-corrected chi connectivity index (χ1v) is 6.79. The Morgan fingerprint density at radius 2 is 2.45 bits per heavy atom. The monoisotopic (exact) mass is 279 g/mol. The molecule has 1 unspecified atom stereocenters. The molecule has 1 amide bonds. The van der Waals surface area contributed by atoms with E-state index in [2.05, 4.69) is 10.3 Å². The standard InChI is InChI=1S/C14H21N3O3/c1-19-7-8-20-11-14(18)17-6-5-16-10-13(17)12-3-2-4-15-9-12/h2-4,9,13,16H,5-8,10-11H2,1H3. The molecule has 6 nitrogen and oxygen atoms in total. The molecule has 1 saturated heterocycles. The largest absolute Gasteiger partial charge is 0.382 e. The van der Waals surface area contributed by atoms with Crippen molar-refractivity contribution >= 4 is 5.91 Å². The number of carbonyl (C=O) groups is 1. The fraction of sp³-hybridized carbons (Fsp3) is 0.571. The average Bonchev–Trinajstić information content (AvgIpc) is 2.52. The molecule has 1 aromatic rings. The van der Waals surface area contributed by atoms with Crippen molar-refractivity contribution in [1.29, 1.82) is 0 Å². The zero-order chi connectivity index (χ0) is 14.2. The van der Waals surface area contributed by atoms with Gasteiger partial charge in [0.25, 0.3) is 0 Å². The van der Waals surface area contributed by atoms with Gasteiger partial charge in [-0.15, -0.1) is 0 Å². The number of methoxy groups -OCH3 is 1. The Kier molecular flexibility index (Phi) is 5.91. The van der Waals surface area contributed by atoms with E-state index in [9.17, 15) is 4.79 Å². The molecule has 0 bridgehead atoms. The van der Waals surface area contributed by atoms with Crippen molar-refractivity contribution in [3.8, 4) is 0 Å². The molecule has 1 aliphatic rings. The van der Waals surface area contributed by atoms with E-state index < -0.39 is 0 Å². The van der Waals surface area contributed by atoms with Gasteiger partial charge in [0.05, 0.1) is 19.3 Å². The summed E-state index contributed by atoms with van der Waals surface area (Å²) in [4.78, 5) is 18.2. The van der Waals surface area contributed by atoms with E-state index in [1.165, 1.54) is 0 Å². The number of hydrogen-bond acceptors (Lipinski definition) is 5. The first-order chi connectivity index (χ1) is 9.83. The maximum absolute atomic E-state index is 12.3. The van der Waals surface area contributed by atoms with Crippen LogP contribution in [-0.2, 0) is 14.3 Å². The van der Waals surface area contributed by atoms with E-state index in [4.69, 9.17) is 9.47 Å². The van der Waals surface area contributed by atoms with Gasteiger partial charge in [0, 0.05) is 39.1 Å². The number of carbonyl (C=O) groups excluding carboxylic acids is 1. The summed E-state index contributed by atoms with van der Waals surface area (Å²) in [6.07, 6.45) is 3.55. The van der Waals surface area contributed by atoms with Gasteiger partial charge in [-0.1, -0.05) is 6.07 Å². The highest BCUT2D eigenvalue weighted by atomic mass is 16.5. The lowest BCUT2D eigenvalue weighted by Crippen LogP contribution is -2.49. The molecule has 0 radical (unpaired) electrons. The van der Waals surface area contributed by atoms with Crippen LogP contribution in [0, 0.1) is 0 Å². The summed E-state index contributed by atoms with van der Waals surface area (Å²) in [5.41, 5.74) is 1.05. The van der Waals surface area contributed by atoms with Crippen LogP contribution in [-0.4, -0.2) is 62.4 Å². The molecule has 1 N–H and O–H groups in total. The molecule has 6 heteroatoms. The van der Waals surface area contributed by atoms with Crippen molar-refractivity contribution in [2.24, 2.45) is 0 Å². The summed E-state index contributed by atoms with van der Waals surface area (Å²) in [6.45, 7) is 3.27. The van der Waals surface area contributed by atoms with Crippen molar-refractivity contribution in [2.75, 3.05) is 46.6 Å². The maximum Gasteiger partial charge on any atom is 0.249 e. The molecule has 110 valence electrons. The molecule has 20 heavy (non-hydrogen) atoms. The number of hydrogen-bond donors (Lipinski definition) is 1. The van der Waals surface area contributed by atoms with Gasteiger partial charge in [-0.2, -0.15) is 0 Å². The summed E-state index contributed by atoms with van der Waals surface area (Å²) in [5, 5.41) is 3.31. The smallest absolute Gasteiger partial charge is 0.249 e. The van der Waals surface area contributed by atoms with Crippen molar-refractivity contribution < 1.29 is 14.3 Å².